The molecule has 19 heavy (non-hydrogen) atoms. The molecule has 0 aromatic heterocycles. The lowest BCUT2D eigenvalue weighted by molar-refractivity contribution is 0.0644. The van der Waals surface area contributed by atoms with E-state index in [1.54, 1.807) is 0 Å². The van der Waals surface area contributed by atoms with Crippen LogP contribution in [0.5, 0.6) is 0 Å². The number of likely N-dealkylation sites (tertiary alicyclic amines) is 1. The molecule has 0 spiro atoms. The zero-order valence-corrected chi connectivity index (χ0v) is 11.8. The van der Waals surface area contributed by atoms with Gasteiger partial charge in [0.25, 0.3) is 5.91 Å². The van der Waals surface area contributed by atoms with Gasteiger partial charge in [0.1, 0.15) is 0 Å². The first-order valence-corrected chi connectivity index (χ1v) is 6.86. The average Bonchev–Trinajstić information content (AvgIpc) is 2.45. The summed E-state index contributed by atoms with van der Waals surface area (Å²) in [5.41, 5.74) is 7.36. The van der Waals surface area contributed by atoms with Crippen molar-refractivity contribution in [3.8, 4) is 0 Å². The van der Waals surface area contributed by atoms with Crippen molar-refractivity contribution in [1.29, 1.82) is 0 Å². The number of benzene rings is 1. The van der Waals surface area contributed by atoms with E-state index in [4.69, 9.17) is 5.73 Å². The Kier molecular flexibility index (Phi) is 4.56. The number of hydrogen-bond acceptors (Lipinski definition) is 3. The maximum absolute atomic E-state index is 12.5. The number of piperidine rings is 1. The first-order valence-electron chi connectivity index (χ1n) is 6.86. The Morgan fingerprint density at radius 2 is 2.32 bits per heavy atom. The normalized spacial score (nSPS) is 20.3. The van der Waals surface area contributed by atoms with E-state index in [0.717, 1.165) is 37.1 Å². The highest BCUT2D eigenvalue weighted by Gasteiger charge is 2.25. The summed E-state index contributed by atoms with van der Waals surface area (Å²) in [5, 5.41) is 0. The average molecular weight is 261 g/mol. The second kappa shape index (κ2) is 6.17. The molecule has 4 nitrogen and oxygen atoms in total. The third kappa shape index (κ3) is 3.33. The Balaban J connectivity index is 2.09. The molecule has 0 saturated carbocycles. The summed E-state index contributed by atoms with van der Waals surface area (Å²) in [4.78, 5) is 16.7. The van der Waals surface area contributed by atoms with E-state index in [1.165, 1.54) is 0 Å². The number of likely N-dealkylation sites (N-methyl/N-ethyl adjacent to an activating group) is 2. The van der Waals surface area contributed by atoms with Gasteiger partial charge >= 0.3 is 0 Å². The van der Waals surface area contributed by atoms with Crippen molar-refractivity contribution in [3.63, 3.8) is 0 Å². The predicted octanol–water partition coefficient (Wildman–Crippen LogP) is 1.31. The Morgan fingerprint density at radius 3 is 3.00 bits per heavy atom. The van der Waals surface area contributed by atoms with Gasteiger partial charge in [-0.2, -0.15) is 0 Å². The molecule has 1 aliphatic rings. The second-order valence-electron chi connectivity index (χ2n) is 5.38. The third-order valence-electron chi connectivity index (χ3n) is 3.88. The van der Waals surface area contributed by atoms with Gasteiger partial charge in [-0.1, -0.05) is 12.1 Å². The molecule has 4 heteroatoms. The first kappa shape index (κ1) is 14.0. The van der Waals surface area contributed by atoms with Crippen LogP contribution in [0.3, 0.4) is 0 Å². The van der Waals surface area contributed by atoms with Crippen molar-refractivity contribution >= 4 is 5.91 Å². The molecule has 0 bridgehead atoms. The van der Waals surface area contributed by atoms with Crippen molar-refractivity contribution < 1.29 is 4.79 Å². The van der Waals surface area contributed by atoms with E-state index in [0.29, 0.717) is 12.6 Å². The molecule has 1 fully saturated rings. The summed E-state index contributed by atoms with van der Waals surface area (Å²) < 4.78 is 0. The predicted molar refractivity (Wildman–Crippen MR) is 76.9 cm³/mol. The van der Waals surface area contributed by atoms with E-state index in [1.807, 2.05) is 36.2 Å². The lowest BCUT2D eigenvalue weighted by atomic mass is 10.0. The molecule has 1 unspecified atom stereocenters. The topological polar surface area (TPSA) is 49.6 Å². The smallest absolute Gasteiger partial charge is 0.253 e. The van der Waals surface area contributed by atoms with Crippen LogP contribution in [-0.4, -0.2) is 48.9 Å². The molecule has 1 saturated heterocycles. The molecule has 1 aromatic rings. The fourth-order valence-corrected chi connectivity index (χ4v) is 2.66. The summed E-state index contributed by atoms with van der Waals surface area (Å²) >= 11 is 0. The van der Waals surface area contributed by atoms with Crippen LogP contribution < -0.4 is 5.73 Å². The van der Waals surface area contributed by atoms with Gasteiger partial charge in [0.05, 0.1) is 0 Å². The highest BCUT2D eigenvalue weighted by molar-refractivity contribution is 5.94. The zero-order valence-electron chi connectivity index (χ0n) is 11.8. The monoisotopic (exact) mass is 261 g/mol. The molecule has 1 heterocycles. The number of amides is 1. The largest absolute Gasteiger partial charge is 0.337 e. The minimum absolute atomic E-state index is 0.0931. The highest BCUT2D eigenvalue weighted by atomic mass is 16.2. The number of rotatable bonds is 3. The van der Waals surface area contributed by atoms with E-state index in [-0.39, 0.29) is 5.91 Å². The molecule has 2 N–H and O–H groups in total. The van der Waals surface area contributed by atoms with Gasteiger partial charge in [-0.05, 0) is 44.1 Å². The molecule has 1 amide bonds. The molecule has 1 aliphatic heterocycles. The molecule has 1 aromatic carbocycles. The van der Waals surface area contributed by atoms with Crippen molar-refractivity contribution in [3.05, 3.63) is 35.4 Å². The number of nitrogens with zero attached hydrogens (tertiary/aromatic N) is 2. The summed E-state index contributed by atoms with van der Waals surface area (Å²) in [6, 6.07) is 7.92. The first-order chi connectivity index (χ1) is 9.11. The van der Waals surface area contributed by atoms with Crippen molar-refractivity contribution in [2.75, 3.05) is 27.2 Å². The summed E-state index contributed by atoms with van der Waals surface area (Å²) in [5.74, 6) is 0.0931. The van der Waals surface area contributed by atoms with E-state index in [2.05, 4.69) is 11.9 Å². The second-order valence-corrected chi connectivity index (χ2v) is 5.38. The SMILES string of the molecule is CN1CCCC(N(C)C(=O)c2cccc(CN)c2)C1. The zero-order chi connectivity index (χ0) is 13.8. The number of hydrogen-bond donors (Lipinski definition) is 1. The van der Waals surface area contributed by atoms with Gasteiger partial charge in [0.15, 0.2) is 0 Å². The van der Waals surface area contributed by atoms with Gasteiger partial charge < -0.3 is 15.5 Å². The maximum atomic E-state index is 12.5. The van der Waals surface area contributed by atoms with Gasteiger partial charge in [-0.3, -0.25) is 4.79 Å². The van der Waals surface area contributed by atoms with Crippen LogP contribution in [0.1, 0.15) is 28.8 Å². The summed E-state index contributed by atoms with van der Waals surface area (Å²) in [6.45, 7) is 2.55. The third-order valence-corrected chi connectivity index (χ3v) is 3.88. The highest BCUT2D eigenvalue weighted by Crippen LogP contribution is 2.16. The van der Waals surface area contributed by atoms with Crippen LogP contribution in [0.4, 0.5) is 0 Å². The Morgan fingerprint density at radius 1 is 1.53 bits per heavy atom. The van der Waals surface area contributed by atoms with Crippen molar-refractivity contribution in [2.24, 2.45) is 5.73 Å². The maximum Gasteiger partial charge on any atom is 0.253 e. The molecule has 0 radical (unpaired) electrons. The van der Waals surface area contributed by atoms with Gasteiger partial charge in [0.2, 0.25) is 0 Å². The lowest BCUT2D eigenvalue weighted by Crippen LogP contribution is -2.47. The molecule has 1 atom stereocenters. The van der Waals surface area contributed by atoms with E-state index >= 15 is 0 Å². The van der Waals surface area contributed by atoms with Gasteiger partial charge in [0, 0.05) is 31.7 Å². The van der Waals surface area contributed by atoms with Crippen molar-refractivity contribution in [2.45, 2.75) is 25.4 Å². The summed E-state index contributed by atoms with van der Waals surface area (Å²) in [7, 11) is 4.01. The molecule has 2 rings (SSSR count). The van der Waals surface area contributed by atoms with E-state index in [9.17, 15) is 4.79 Å². The number of nitrogens with two attached hydrogens (primary N) is 1. The van der Waals surface area contributed by atoms with Crippen LogP contribution >= 0.6 is 0 Å². The fraction of sp³-hybridized carbons (Fsp3) is 0.533. The van der Waals surface area contributed by atoms with Gasteiger partial charge in [-0.15, -0.1) is 0 Å². The Bertz CT molecular complexity index is 447. The minimum Gasteiger partial charge on any atom is -0.337 e. The Hall–Kier alpha value is -1.39. The molecule has 104 valence electrons. The molecular formula is C15H23N3O. The molecule has 0 aliphatic carbocycles. The summed E-state index contributed by atoms with van der Waals surface area (Å²) in [6.07, 6.45) is 2.24. The van der Waals surface area contributed by atoms with Crippen LogP contribution in [0.25, 0.3) is 0 Å². The number of carbonyl (C=O) groups excluding carboxylic acids is 1. The van der Waals surface area contributed by atoms with Gasteiger partial charge in [-0.25, -0.2) is 0 Å². The van der Waals surface area contributed by atoms with E-state index < -0.39 is 0 Å². The molecular weight excluding hydrogens is 238 g/mol. The van der Waals surface area contributed by atoms with Crippen molar-refractivity contribution in [1.82, 2.24) is 9.80 Å². The minimum atomic E-state index is 0.0931. The number of carbonyl (C=O) groups is 1. The van der Waals surface area contributed by atoms with Crippen LogP contribution in [0.2, 0.25) is 0 Å². The van der Waals surface area contributed by atoms with Crippen LogP contribution in [0, 0.1) is 0 Å². The fourth-order valence-electron chi connectivity index (χ4n) is 2.66. The van der Waals surface area contributed by atoms with Crippen LogP contribution in [0.15, 0.2) is 24.3 Å². The lowest BCUT2D eigenvalue weighted by Gasteiger charge is -2.35. The van der Waals surface area contributed by atoms with Crippen LogP contribution in [-0.2, 0) is 6.54 Å². The standard InChI is InChI=1S/C15H23N3O/c1-17-8-4-7-14(11-17)18(2)15(19)13-6-3-5-12(9-13)10-16/h3,5-6,9,14H,4,7-8,10-11,16H2,1-2H3. The quantitative estimate of drug-likeness (QED) is 0.892. The Labute approximate surface area is 115 Å².